The highest BCUT2D eigenvalue weighted by Crippen LogP contribution is 2.47. The molecule has 0 aliphatic carbocycles. The SMILES string of the molecule is Cc1cccc(C)c1-c1ccc(-c2c3ccccc3c(-c3cccc(-c4ccnc(-c5ccccc5)c4)c3)c3ccccc23)c2ccccc12. The maximum atomic E-state index is 4.69. The molecule has 0 amide bonds. The molecule has 0 fully saturated rings. The highest BCUT2D eigenvalue weighted by Gasteiger charge is 2.20. The summed E-state index contributed by atoms with van der Waals surface area (Å²) in [6.45, 7) is 4.44. The Hall–Kier alpha value is -6.31. The third kappa shape index (κ3) is 4.98. The lowest BCUT2D eigenvalue weighted by atomic mass is 9.83. The fraction of sp³-hybridized carbons (Fsp3) is 0.0408. The van der Waals surface area contributed by atoms with E-state index in [9.17, 15) is 0 Å². The van der Waals surface area contributed by atoms with Crippen LogP contribution >= 0.6 is 0 Å². The van der Waals surface area contributed by atoms with Gasteiger partial charge in [-0.1, -0.05) is 152 Å². The van der Waals surface area contributed by atoms with Gasteiger partial charge in [0.15, 0.2) is 0 Å². The maximum absolute atomic E-state index is 4.69. The summed E-state index contributed by atoms with van der Waals surface area (Å²) in [5.74, 6) is 0. The summed E-state index contributed by atoms with van der Waals surface area (Å²) in [6.07, 6.45) is 1.92. The fourth-order valence-corrected chi connectivity index (χ4v) is 7.94. The van der Waals surface area contributed by atoms with Crippen molar-refractivity contribution in [1.82, 2.24) is 4.98 Å². The van der Waals surface area contributed by atoms with E-state index in [0.29, 0.717) is 0 Å². The number of benzene rings is 8. The third-order valence-electron chi connectivity index (χ3n) is 10.2. The number of pyridine rings is 1. The van der Waals surface area contributed by atoms with E-state index >= 15 is 0 Å². The monoisotopic (exact) mass is 637 g/mol. The van der Waals surface area contributed by atoms with Crippen LogP contribution in [0.15, 0.2) is 176 Å². The van der Waals surface area contributed by atoms with Crippen LogP contribution in [0.1, 0.15) is 11.1 Å². The predicted molar refractivity (Wildman–Crippen MR) is 213 cm³/mol. The average Bonchev–Trinajstić information content (AvgIpc) is 3.17. The van der Waals surface area contributed by atoms with Crippen molar-refractivity contribution in [1.29, 1.82) is 0 Å². The Balaban J connectivity index is 1.27. The molecule has 9 rings (SSSR count). The summed E-state index contributed by atoms with van der Waals surface area (Å²) < 4.78 is 0. The molecule has 8 aromatic carbocycles. The van der Waals surface area contributed by atoms with Crippen molar-refractivity contribution < 1.29 is 0 Å². The highest BCUT2D eigenvalue weighted by atomic mass is 14.7. The van der Waals surface area contributed by atoms with Crippen LogP contribution in [0.3, 0.4) is 0 Å². The number of hydrogen-bond acceptors (Lipinski definition) is 1. The van der Waals surface area contributed by atoms with Gasteiger partial charge in [-0.15, -0.1) is 0 Å². The molecule has 0 saturated carbocycles. The Morgan fingerprint density at radius 3 is 1.40 bits per heavy atom. The molecule has 9 aromatic rings. The fourth-order valence-electron chi connectivity index (χ4n) is 7.94. The Morgan fingerprint density at radius 1 is 0.320 bits per heavy atom. The molecule has 0 aliphatic rings. The number of rotatable bonds is 5. The normalized spacial score (nSPS) is 11.4. The number of aromatic nitrogens is 1. The van der Waals surface area contributed by atoms with Gasteiger partial charge in [0.1, 0.15) is 0 Å². The van der Waals surface area contributed by atoms with Crippen molar-refractivity contribution in [2.24, 2.45) is 0 Å². The largest absolute Gasteiger partial charge is 0.256 e. The Labute approximate surface area is 293 Å². The van der Waals surface area contributed by atoms with Crippen molar-refractivity contribution in [2.45, 2.75) is 13.8 Å². The first-order valence-corrected chi connectivity index (χ1v) is 17.3. The minimum atomic E-state index is 0.976. The van der Waals surface area contributed by atoms with E-state index in [-0.39, 0.29) is 0 Å². The van der Waals surface area contributed by atoms with Crippen LogP contribution in [0.2, 0.25) is 0 Å². The molecule has 236 valence electrons. The molecule has 0 saturated heterocycles. The van der Waals surface area contributed by atoms with E-state index in [1.165, 1.54) is 82.4 Å². The van der Waals surface area contributed by atoms with E-state index in [4.69, 9.17) is 0 Å². The molecule has 1 aromatic heterocycles. The molecule has 0 atom stereocenters. The van der Waals surface area contributed by atoms with Gasteiger partial charge in [0.25, 0.3) is 0 Å². The Kier molecular flexibility index (Phi) is 7.33. The van der Waals surface area contributed by atoms with Crippen LogP contribution in [0.4, 0.5) is 0 Å². The van der Waals surface area contributed by atoms with Gasteiger partial charge in [-0.25, -0.2) is 0 Å². The lowest BCUT2D eigenvalue weighted by molar-refractivity contribution is 1.33. The summed E-state index contributed by atoms with van der Waals surface area (Å²) in [5, 5.41) is 7.56. The molecule has 1 heterocycles. The summed E-state index contributed by atoms with van der Waals surface area (Å²) in [5.41, 5.74) is 14.6. The van der Waals surface area contributed by atoms with Gasteiger partial charge in [-0.2, -0.15) is 0 Å². The first kappa shape index (κ1) is 29.8. The first-order chi connectivity index (χ1) is 24.7. The third-order valence-corrected chi connectivity index (χ3v) is 10.2. The number of fused-ring (bicyclic) bond motifs is 3. The Morgan fingerprint density at radius 2 is 0.780 bits per heavy atom. The maximum Gasteiger partial charge on any atom is 0.0708 e. The lowest BCUT2D eigenvalue weighted by Gasteiger charge is -2.20. The number of nitrogens with zero attached hydrogens (tertiary/aromatic N) is 1. The van der Waals surface area contributed by atoms with Crippen LogP contribution in [-0.2, 0) is 0 Å². The molecule has 0 aliphatic heterocycles. The van der Waals surface area contributed by atoms with Gasteiger partial charge in [0.05, 0.1) is 5.69 Å². The smallest absolute Gasteiger partial charge is 0.0708 e. The van der Waals surface area contributed by atoms with Crippen molar-refractivity contribution in [3.05, 3.63) is 187 Å². The van der Waals surface area contributed by atoms with Gasteiger partial charge in [-0.05, 0) is 120 Å². The molecule has 0 N–H and O–H groups in total. The van der Waals surface area contributed by atoms with Crippen molar-refractivity contribution in [3.8, 4) is 55.8 Å². The molecule has 0 spiro atoms. The van der Waals surface area contributed by atoms with Gasteiger partial charge in [-0.3, -0.25) is 4.98 Å². The van der Waals surface area contributed by atoms with Crippen LogP contribution < -0.4 is 0 Å². The zero-order chi connectivity index (χ0) is 33.6. The van der Waals surface area contributed by atoms with Crippen molar-refractivity contribution in [2.75, 3.05) is 0 Å². The van der Waals surface area contributed by atoms with Crippen LogP contribution in [0.25, 0.3) is 88.1 Å². The molecule has 0 bridgehead atoms. The minimum Gasteiger partial charge on any atom is -0.256 e. The van der Waals surface area contributed by atoms with Gasteiger partial charge >= 0.3 is 0 Å². The molecule has 0 radical (unpaired) electrons. The molecule has 0 unspecified atom stereocenters. The summed E-state index contributed by atoms with van der Waals surface area (Å²) in [7, 11) is 0. The predicted octanol–water partition coefficient (Wildman–Crippen LogP) is 13.5. The molecule has 1 nitrogen and oxygen atoms in total. The first-order valence-electron chi connectivity index (χ1n) is 17.3. The second kappa shape index (κ2) is 12.3. The number of hydrogen-bond donors (Lipinski definition) is 0. The Bertz CT molecular complexity index is 2640. The summed E-state index contributed by atoms with van der Waals surface area (Å²) in [4.78, 5) is 4.69. The van der Waals surface area contributed by atoms with E-state index in [1.54, 1.807) is 0 Å². The topological polar surface area (TPSA) is 12.9 Å². The quantitative estimate of drug-likeness (QED) is 0.171. The number of aryl methyl sites for hydroxylation is 2. The molecule has 1 heteroatoms. The van der Waals surface area contributed by atoms with E-state index in [0.717, 1.165) is 16.8 Å². The summed E-state index contributed by atoms with van der Waals surface area (Å²) in [6, 6.07) is 61.8. The van der Waals surface area contributed by atoms with Crippen molar-refractivity contribution >= 4 is 32.3 Å². The average molecular weight is 638 g/mol. The lowest BCUT2D eigenvalue weighted by Crippen LogP contribution is -1.94. The second-order valence-electron chi connectivity index (χ2n) is 13.2. The standard InChI is InChI=1S/C49H35N/c1-32-14-12-15-33(2)47(32)44-26-27-45(39-21-7-6-20-38(39)44)49-42-24-10-8-22-40(42)48(41-23-9-11-25-43(41)49)37-19-13-18-35(30-37)36-28-29-50-46(31-36)34-16-4-3-5-17-34/h3-31H,1-2H3. The minimum absolute atomic E-state index is 0.976. The van der Waals surface area contributed by atoms with Gasteiger partial charge < -0.3 is 0 Å². The highest BCUT2D eigenvalue weighted by molar-refractivity contribution is 6.24. The zero-order valence-corrected chi connectivity index (χ0v) is 28.2. The van der Waals surface area contributed by atoms with Crippen LogP contribution in [0, 0.1) is 13.8 Å². The van der Waals surface area contributed by atoms with Crippen LogP contribution in [-0.4, -0.2) is 4.98 Å². The summed E-state index contributed by atoms with van der Waals surface area (Å²) >= 11 is 0. The zero-order valence-electron chi connectivity index (χ0n) is 28.2. The van der Waals surface area contributed by atoms with Crippen molar-refractivity contribution in [3.63, 3.8) is 0 Å². The molecule has 50 heavy (non-hydrogen) atoms. The van der Waals surface area contributed by atoms with Gasteiger partial charge in [0.2, 0.25) is 0 Å². The van der Waals surface area contributed by atoms with E-state index in [2.05, 4.69) is 183 Å². The second-order valence-corrected chi connectivity index (χ2v) is 13.2. The van der Waals surface area contributed by atoms with E-state index in [1.807, 2.05) is 12.3 Å². The molecular formula is C49H35N. The van der Waals surface area contributed by atoms with Gasteiger partial charge in [0, 0.05) is 11.8 Å². The molecular weight excluding hydrogens is 603 g/mol. The van der Waals surface area contributed by atoms with E-state index < -0.39 is 0 Å². The van der Waals surface area contributed by atoms with Crippen LogP contribution in [0.5, 0.6) is 0 Å².